The predicted octanol–water partition coefficient (Wildman–Crippen LogP) is 1.95. The van der Waals surface area contributed by atoms with Gasteiger partial charge in [0, 0.05) is 31.6 Å². The average Bonchev–Trinajstić information content (AvgIpc) is 2.25. The Balaban J connectivity index is 1.83. The van der Waals surface area contributed by atoms with Gasteiger partial charge in [-0.2, -0.15) is 0 Å². The number of nitrogens with one attached hydrogen (secondary N) is 1. The summed E-state index contributed by atoms with van der Waals surface area (Å²) in [5, 5.41) is 12.7. The third-order valence-corrected chi connectivity index (χ3v) is 4.68. The molecule has 0 radical (unpaired) electrons. The molecule has 1 aliphatic heterocycles. The molecular weight excluding hydrogens is 240 g/mol. The van der Waals surface area contributed by atoms with Gasteiger partial charge in [0.15, 0.2) is 0 Å². The topological polar surface area (TPSA) is 52.6 Å². The van der Waals surface area contributed by atoms with Gasteiger partial charge in [0.1, 0.15) is 0 Å². The van der Waals surface area contributed by atoms with E-state index in [9.17, 15) is 4.79 Å². The van der Waals surface area contributed by atoms with Crippen molar-refractivity contribution in [1.29, 1.82) is 0 Å². The lowest BCUT2D eigenvalue weighted by Crippen LogP contribution is -2.52. The molecule has 2 fully saturated rings. The zero-order valence-corrected chi connectivity index (χ0v) is 12.3. The summed E-state index contributed by atoms with van der Waals surface area (Å²) >= 11 is 0. The number of carbonyl (C=O) groups is 1. The molecule has 0 amide bonds. The van der Waals surface area contributed by atoms with Crippen LogP contribution in [-0.4, -0.2) is 47.7 Å². The highest BCUT2D eigenvalue weighted by atomic mass is 16.4. The van der Waals surface area contributed by atoms with Gasteiger partial charge >= 0.3 is 5.97 Å². The Morgan fingerprint density at radius 3 is 2.58 bits per heavy atom. The molecule has 4 heteroatoms. The summed E-state index contributed by atoms with van der Waals surface area (Å²) in [6.45, 7) is 7.53. The fourth-order valence-electron chi connectivity index (χ4n) is 3.24. The van der Waals surface area contributed by atoms with E-state index in [1.807, 2.05) is 0 Å². The van der Waals surface area contributed by atoms with Gasteiger partial charge in [-0.1, -0.05) is 6.42 Å². The van der Waals surface area contributed by atoms with Gasteiger partial charge in [-0.3, -0.25) is 9.69 Å². The maximum atomic E-state index is 10.9. The molecule has 0 spiro atoms. The Kier molecular flexibility index (Phi) is 5.22. The Morgan fingerprint density at radius 1 is 1.32 bits per heavy atom. The van der Waals surface area contributed by atoms with Crippen molar-refractivity contribution in [2.24, 2.45) is 11.8 Å². The molecule has 1 saturated heterocycles. The third-order valence-electron chi connectivity index (χ3n) is 4.68. The number of piperidine rings is 1. The van der Waals surface area contributed by atoms with Crippen molar-refractivity contribution < 1.29 is 9.90 Å². The van der Waals surface area contributed by atoms with Crippen molar-refractivity contribution in [3.8, 4) is 0 Å². The van der Waals surface area contributed by atoms with Gasteiger partial charge in [0.05, 0.1) is 0 Å². The monoisotopic (exact) mass is 268 g/mol. The second-order valence-corrected chi connectivity index (χ2v) is 6.65. The van der Waals surface area contributed by atoms with Gasteiger partial charge in [0.2, 0.25) is 0 Å². The minimum absolute atomic E-state index is 0.299. The molecule has 1 saturated carbocycles. The minimum atomic E-state index is -0.659. The molecule has 4 nitrogen and oxygen atoms in total. The molecule has 0 bridgehead atoms. The Labute approximate surface area is 116 Å². The molecular formula is C15H28N2O2. The van der Waals surface area contributed by atoms with E-state index in [2.05, 4.69) is 24.1 Å². The molecule has 2 atom stereocenters. The van der Waals surface area contributed by atoms with Crippen LogP contribution in [0.2, 0.25) is 0 Å². The lowest BCUT2D eigenvalue weighted by Gasteiger charge is -2.41. The van der Waals surface area contributed by atoms with Crippen LogP contribution in [0.25, 0.3) is 0 Å². The van der Waals surface area contributed by atoms with Crippen LogP contribution in [0.3, 0.4) is 0 Å². The number of likely N-dealkylation sites (tertiary alicyclic amines) is 1. The second-order valence-electron chi connectivity index (χ2n) is 6.65. The van der Waals surface area contributed by atoms with Crippen molar-refractivity contribution in [1.82, 2.24) is 10.2 Å². The minimum Gasteiger partial charge on any atom is -0.481 e. The molecule has 19 heavy (non-hydrogen) atoms. The highest BCUT2D eigenvalue weighted by Gasteiger charge is 2.30. The largest absolute Gasteiger partial charge is 0.481 e. The average molecular weight is 268 g/mol. The second kappa shape index (κ2) is 6.71. The van der Waals surface area contributed by atoms with Crippen LogP contribution in [0.4, 0.5) is 0 Å². The first-order valence-corrected chi connectivity index (χ1v) is 7.73. The number of carboxylic acid groups (broad SMARTS) is 1. The van der Waals surface area contributed by atoms with Crippen molar-refractivity contribution in [3.05, 3.63) is 0 Å². The summed E-state index contributed by atoms with van der Waals surface area (Å²) in [4.78, 5) is 13.4. The number of hydrogen-bond acceptors (Lipinski definition) is 3. The van der Waals surface area contributed by atoms with E-state index in [1.165, 1.54) is 19.3 Å². The Morgan fingerprint density at radius 2 is 2.05 bits per heavy atom. The molecule has 0 aromatic carbocycles. The van der Waals surface area contributed by atoms with Gasteiger partial charge < -0.3 is 10.4 Å². The highest BCUT2D eigenvalue weighted by molar-refractivity contribution is 5.67. The van der Waals surface area contributed by atoms with E-state index in [0.29, 0.717) is 24.4 Å². The predicted molar refractivity (Wildman–Crippen MR) is 76.2 cm³/mol. The van der Waals surface area contributed by atoms with Crippen LogP contribution in [-0.2, 0) is 4.79 Å². The molecule has 2 rings (SSSR count). The van der Waals surface area contributed by atoms with E-state index < -0.39 is 5.97 Å². The Hall–Kier alpha value is -0.610. The summed E-state index contributed by atoms with van der Waals surface area (Å²) < 4.78 is 0. The van der Waals surface area contributed by atoms with E-state index in [4.69, 9.17) is 5.11 Å². The number of nitrogens with zero attached hydrogens (tertiary/aromatic N) is 1. The number of carboxylic acids is 1. The quantitative estimate of drug-likeness (QED) is 0.773. The number of aliphatic carboxylic acids is 1. The van der Waals surface area contributed by atoms with Crippen LogP contribution in [0.5, 0.6) is 0 Å². The molecule has 1 heterocycles. The molecule has 0 aromatic heterocycles. The van der Waals surface area contributed by atoms with Gasteiger partial charge in [-0.05, 0) is 51.5 Å². The van der Waals surface area contributed by atoms with Crippen molar-refractivity contribution in [3.63, 3.8) is 0 Å². The van der Waals surface area contributed by atoms with Crippen LogP contribution in [0, 0.1) is 11.8 Å². The first-order chi connectivity index (χ1) is 9.04. The summed E-state index contributed by atoms with van der Waals surface area (Å²) in [5.41, 5.74) is 0. The first-order valence-electron chi connectivity index (χ1n) is 7.73. The third kappa shape index (κ3) is 4.46. The summed E-state index contributed by atoms with van der Waals surface area (Å²) in [6.07, 6.45) is 5.45. The standard InChI is InChI=1S/C15H28N2O2/c1-11(2)17-9-13(7-15(18)19)6-14(10-17)16-8-12-4-3-5-12/h11-14,16H,3-10H2,1-2H3,(H,18,19). The maximum Gasteiger partial charge on any atom is 0.303 e. The van der Waals surface area contributed by atoms with E-state index in [0.717, 1.165) is 32.0 Å². The summed E-state index contributed by atoms with van der Waals surface area (Å²) in [6, 6.07) is 0.977. The molecule has 2 unspecified atom stereocenters. The van der Waals surface area contributed by atoms with Crippen LogP contribution in [0.1, 0.15) is 46.0 Å². The lowest BCUT2D eigenvalue weighted by molar-refractivity contribution is -0.138. The van der Waals surface area contributed by atoms with E-state index in [1.54, 1.807) is 0 Å². The number of hydrogen-bond donors (Lipinski definition) is 2. The van der Waals surface area contributed by atoms with Gasteiger partial charge in [0.25, 0.3) is 0 Å². The van der Waals surface area contributed by atoms with E-state index in [-0.39, 0.29) is 0 Å². The fraction of sp³-hybridized carbons (Fsp3) is 0.933. The smallest absolute Gasteiger partial charge is 0.303 e. The van der Waals surface area contributed by atoms with Crippen LogP contribution in [0.15, 0.2) is 0 Å². The van der Waals surface area contributed by atoms with Crippen molar-refractivity contribution in [2.75, 3.05) is 19.6 Å². The zero-order chi connectivity index (χ0) is 13.8. The highest BCUT2D eigenvalue weighted by Crippen LogP contribution is 2.26. The number of rotatable bonds is 6. The summed E-state index contributed by atoms with van der Waals surface area (Å²) in [7, 11) is 0. The van der Waals surface area contributed by atoms with Gasteiger partial charge in [-0.15, -0.1) is 0 Å². The van der Waals surface area contributed by atoms with Crippen LogP contribution < -0.4 is 5.32 Å². The fourth-order valence-corrected chi connectivity index (χ4v) is 3.24. The molecule has 1 aliphatic carbocycles. The maximum absolute atomic E-state index is 10.9. The van der Waals surface area contributed by atoms with Gasteiger partial charge in [-0.25, -0.2) is 0 Å². The normalized spacial score (nSPS) is 29.4. The van der Waals surface area contributed by atoms with Crippen LogP contribution >= 0.6 is 0 Å². The van der Waals surface area contributed by atoms with Crippen molar-refractivity contribution in [2.45, 2.75) is 58.0 Å². The van der Waals surface area contributed by atoms with E-state index >= 15 is 0 Å². The SMILES string of the molecule is CC(C)N1CC(CC(=O)O)CC(NCC2CCC2)C1. The first kappa shape index (κ1) is 14.8. The molecule has 110 valence electrons. The Bertz CT molecular complexity index is 303. The molecule has 0 aromatic rings. The lowest BCUT2D eigenvalue weighted by atomic mass is 9.84. The molecule has 2 aliphatic rings. The molecule has 2 N–H and O–H groups in total. The summed E-state index contributed by atoms with van der Waals surface area (Å²) in [5.74, 6) is 0.508. The zero-order valence-electron chi connectivity index (χ0n) is 12.3. The van der Waals surface area contributed by atoms with Crippen molar-refractivity contribution >= 4 is 5.97 Å².